The summed E-state index contributed by atoms with van der Waals surface area (Å²) in [7, 11) is 0. The first-order chi connectivity index (χ1) is 8.20. The maximum Gasteiger partial charge on any atom is 0.146 e. The second kappa shape index (κ2) is 5.31. The van der Waals surface area contributed by atoms with Gasteiger partial charge in [-0.1, -0.05) is 13.8 Å². The average molecular weight is 254 g/mol. The van der Waals surface area contributed by atoms with Crippen molar-refractivity contribution < 1.29 is 0 Å². The normalized spacial score (nSPS) is 11.3. The molecule has 17 heavy (non-hydrogen) atoms. The van der Waals surface area contributed by atoms with Crippen LogP contribution in [0.4, 0.5) is 0 Å². The smallest absolute Gasteiger partial charge is 0.146 e. The zero-order valence-electron chi connectivity index (χ0n) is 10.0. The van der Waals surface area contributed by atoms with Crippen LogP contribution >= 0.6 is 11.6 Å². The van der Waals surface area contributed by atoms with Crippen molar-refractivity contribution in [1.29, 1.82) is 0 Å². The molecule has 0 aliphatic carbocycles. The summed E-state index contributed by atoms with van der Waals surface area (Å²) in [5, 5.41) is 4.23. The average Bonchev–Trinajstić information content (AvgIpc) is 2.88. The molecule has 0 N–H and O–H groups in total. The molecule has 0 radical (unpaired) electrons. The van der Waals surface area contributed by atoms with E-state index in [1.165, 1.54) is 0 Å². The highest BCUT2D eigenvalue weighted by atomic mass is 35.5. The lowest BCUT2D eigenvalue weighted by molar-refractivity contribution is 0.460. The lowest BCUT2D eigenvalue weighted by atomic mass is 10.2. The number of halogens is 1. The second-order valence-electron chi connectivity index (χ2n) is 4.36. The minimum absolute atomic E-state index is 0.408. The third-order valence-electron chi connectivity index (χ3n) is 2.47. The molecule has 2 aromatic rings. The molecule has 0 amide bonds. The predicted molar refractivity (Wildman–Crippen MR) is 65.7 cm³/mol. The zero-order chi connectivity index (χ0) is 12.3. The molecule has 92 valence electrons. The highest BCUT2D eigenvalue weighted by Gasteiger charge is 2.09. The summed E-state index contributed by atoms with van der Waals surface area (Å²) < 4.78 is 3.93. The number of rotatable bonds is 5. The van der Waals surface area contributed by atoms with Gasteiger partial charge in [0.05, 0.1) is 12.4 Å². The number of alkyl halides is 1. The quantitative estimate of drug-likeness (QED) is 0.765. The SMILES string of the molecule is CC(C)Cn1ncnc1Cn1ccnc1CCl. The van der Waals surface area contributed by atoms with Crippen molar-refractivity contribution in [2.75, 3.05) is 0 Å². The molecule has 0 saturated heterocycles. The van der Waals surface area contributed by atoms with Gasteiger partial charge in [-0.05, 0) is 5.92 Å². The number of hydrogen-bond acceptors (Lipinski definition) is 3. The molecule has 0 spiro atoms. The monoisotopic (exact) mass is 253 g/mol. The van der Waals surface area contributed by atoms with Gasteiger partial charge >= 0.3 is 0 Å². The van der Waals surface area contributed by atoms with Gasteiger partial charge in [0.1, 0.15) is 18.0 Å². The topological polar surface area (TPSA) is 48.5 Å². The lowest BCUT2D eigenvalue weighted by Crippen LogP contribution is -2.14. The van der Waals surface area contributed by atoms with E-state index in [9.17, 15) is 0 Å². The van der Waals surface area contributed by atoms with E-state index in [4.69, 9.17) is 11.6 Å². The van der Waals surface area contributed by atoms with Gasteiger partial charge in [0.25, 0.3) is 0 Å². The first-order valence-corrected chi connectivity index (χ1v) is 6.16. The van der Waals surface area contributed by atoms with E-state index >= 15 is 0 Å². The Labute approximate surface area is 105 Å². The highest BCUT2D eigenvalue weighted by Crippen LogP contribution is 2.07. The fourth-order valence-corrected chi connectivity index (χ4v) is 1.90. The van der Waals surface area contributed by atoms with E-state index < -0.39 is 0 Å². The fraction of sp³-hybridized carbons (Fsp3) is 0.545. The minimum Gasteiger partial charge on any atom is -0.326 e. The van der Waals surface area contributed by atoms with Crippen LogP contribution in [0.5, 0.6) is 0 Å². The molecular weight excluding hydrogens is 238 g/mol. The van der Waals surface area contributed by atoms with Crippen molar-refractivity contribution in [3.05, 3.63) is 30.4 Å². The maximum absolute atomic E-state index is 5.81. The summed E-state index contributed by atoms with van der Waals surface area (Å²) in [4.78, 5) is 8.46. The number of nitrogens with zero attached hydrogens (tertiary/aromatic N) is 5. The van der Waals surface area contributed by atoms with Crippen LogP contribution in [0, 0.1) is 5.92 Å². The Bertz CT molecular complexity index is 474. The van der Waals surface area contributed by atoms with Crippen LogP contribution in [0.25, 0.3) is 0 Å². The van der Waals surface area contributed by atoms with Gasteiger partial charge < -0.3 is 4.57 Å². The molecule has 0 aromatic carbocycles. The van der Waals surface area contributed by atoms with Crippen molar-refractivity contribution in [3.8, 4) is 0 Å². The van der Waals surface area contributed by atoms with Crippen molar-refractivity contribution in [3.63, 3.8) is 0 Å². The van der Waals surface area contributed by atoms with Crippen LogP contribution in [0.1, 0.15) is 25.5 Å². The largest absolute Gasteiger partial charge is 0.326 e. The van der Waals surface area contributed by atoms with Crippen molar-refractivity contribution in [2.45, 2.75) is 32.8 Å². The van der Waals surface area contributed by atoms with Crippen LogP contribution < -0.4 is 0 Å². The van der Waals surface area contributed by atoms with E-state index in [-0.39, 0.29) is 0 Å². The Kier molecular flexibility index (Phi) is 3.78. The van der Waals surface area contributed by atoms with Gasteiger partial charge in [-0.3, -0.25) is 0 Å². The second-order valence-corrected chi connectivity index (χ2v) is 4.62. The first kappa shape index (κ1) is 12.1. The first-order valence-electron chi connectivity index (χ1n) is 5.63. The zero-order valence-corrected chi connectivity index (χ0v) is 10.8. The summed E-state index contributed by atoms with van der Waals surface area (Å²) >= 11 is 5.81. The molecule has 0 unspecified atom stereocenters. The standard InChI is InChI=1S/C11H16ClN5/c1-9(2)6-17-11(14-8-15-17)7-16-4-3-13-10(16)5-12/h3-4,8-9H,5-7H2,1-2H3. The van der Waals surface area contributed by atoms with Gasteiger partial charge in [0.2, 0.25) is 0 Å². The summed E-state index contributed by atoms with van der Waals surface area (Å²) in [6.45, 7) is 5.86. The van der Waals surface area contributed by atoms with Crippen LogP contribution in [0.2, 0.25) is 0 Å². The summed E-state index contributed by atoms with van der Waals surface area (Å²) in [5.41, 5.74) is 0. The molecule has 0 aliphatic heterocycles. The van der Waals surface area contributed by atoms with Crippen molar-refractivity contribution >= 4 is 11.6 Å². The highest BCUT2D eigenvalue weighted by molar-refractivity contribution is 6.16. The van der Waals surface area contributed by atoms with Crippen LogP contribution in [-0.2, 0) is 19.0 Å². The number of imidazole rings is 1. The van der Waals surface area contributed by atoms with E-state index in [2.05, 4.69) is 28.9 Å². The van der Waals surface area contributed by atoms with Gasteiger partial charge in [-0.15, -0.1) is 11.6 Å². The number of hydrogen-bond donors (Lipinski definition) is 0. The molecule has 0 bridgehead atoms. The summed E-state index contributed by atoms with van der Waals surface area (Å²) in [6, 6.07) is 0. The fourth-order valence-electron chi connectivity index (χ4n) is 1.68. The Balaban J connectivity index is 2.16. The van der Waals surface area contributed by atoms with Crippen LogP contribution in [-0.4, -0.2) is 24.3 Å². The maximum atomic E-state index is 5.81. The Hall–Kier alpha value is -1.36. The van der Waals surface area contributed by atoms with Gasteiger partial charge in [-0.25, -0.2) is 14.6 Å². The Morgan fingerprint density at radius 2 is 2.12 bits per heavy atom. The molecule has 0 aliphatic rings. The van der Waals surface area contributed by atoms with E-state index in [0.717, 1.165) is 18.2 Å². The Morgan fingerprint density at radius 1 is 1.29 bits per heavy atom. The molecule has 0 atom stereocenters. The molecular formula is C11H16ClN5. The minimum atomic E-state index is 0.408. The van der Waals surface area contributed by atoms with Crippen LogP contribution in [0.15, 0.2) is 18.7 Å². The molecule has 6 heteroatoms. The third-order valence-corrected chi connectivity index (χ3v) is 2.71. The molecule has 0 saturated carbocycles. The van der Waals surface area contributed by atoms with Crippen molar-refractivity contribution in [1.82, 2.24) is 24.3 Å². The van der Waals surface area contributed by atoms with Crippen molar-refractivity contribution in [2.24, 2.45) is 5.92 Å². The summed E-state index contributed by atoms with van der Waals surface area (Å²) in [5.74, 6) is 2.74. The number of aromatic nitrogens is 5. The Morgan fingerprint density at radius 3 is 2.82 bits per heavy atom. The lowest BCUT2D eigenvalue weighted by Gasteiger charge is -2.10. The van der Waals surface area contributed by atoms with E-state index in [1.807, 2.05) is 15.4 Å². The molecule has 2 heterocycles. The van der Waals surface area contributed by atoms with Gasteiger partial charge in [0.15, 0.2) is 0 Å². The van der Waals surface area contributed by atoms with Gasteiger partial charge in [0, 0.05) is 18.9 Å². The molecule has 2 rings (SSSR count). The predicted octanol–water partition coefficient (Wildman–Crippen LogP) is 1.92. The van der Waals surface area contributed by atoms with E-state index in [1.54, 1.807) is 12.5 Å². The van der Waals surface area contributed by atoms with Gasteiger partial charge in [-0.2, -0.15) is 5.10 Å². The summed E-state index contributed by atoms with van der Waals surface area (Å²) in [6.07, 6.45) is 5.25. The third kappa shape index (κ3) is 2.85. The molecule has 0 fully saturated rings. The van der Waals surface area contributed by atoms with E-state index in [0.29, 0.717) is 18.3 Å². The molecule has 5 nitrogen and oxygen atoms in total. The molecule has 2 aromatic heterocycles. The van der Waals surface area contributed by atoms with Crippen LogP contribution in [0.3, 0.4) is 0 Å².